The lowest BCUT2D eigenvalue weighted by molar-refractivity contribution is 0.0695. The van der Waals surface area contributed by atoms with Crippen LogP contribution in [-0.2, 0) is 11.3 Å². The number of ether oxygens (including phenoxy) is 1. The maximum atomic E-state index is 10.7. The first-order chi connectivity index (χ1) is 6.68. The van der Waals surface area contributed by atoms with E-state index < -0.39 is 5.97 Å². The van der Waals surface area contributed by atoms with Gasteiger partial charge in [-0.1, -0.05) is 13.0 Å². The van der Waals surface area contributed by atoms with Gasteiger partial charge in [-0.15, -0.1) is 0 Å². The third-order valence-electron chi connectivity index (χ3n) is 2.55. The Bertz CT molecular complexity index is 371. The maximum absolute atomic E-state index is 10.7. The van der Waals surface area contributed by atoms with Crippen LogP contribution in [0.2, 0.25) is 0 Å². The predicted octanol–water partition coefficient (Wildman–Crippen LogP) is 2.02. The van der Waals surface area contributed by atoms with Crippen LogP contribution in [0.15, 0.2) is 18.2 Å². The molecule has 1 unspecified atom stereocenters. The van der Waals surface area contributed by atoms with Gasteiger partial charge < -0.3 is 9.84 Å². The highest BCUT2D eigenvalue weighted by molar-refractivity contribution is 5.87. The first kappa shape index (κ1) is 9.21. The van der Waals surface area contributed by atoms with Crippen molar-refractivity contribution in [3.8, 4) is 0 Å². The standard InChI is InChI=1S/C11H12O3/c1-7-5-14-6-9-4-8(11(12)13)2-3-10(7)9/h2-4,7H,5-6H2,1H3,(H,12,13). The normalized spacial score (nSPS) is 20.2. The van der Waals surface area contributed by atoms with Crippen LogP contribution in [0, 0.1) is 0 Å². The van der Waals surface area contributed by atoms with E-state index in [1.54, 1.807) is 12.1 Å². The molecule has 0 fully saturated rings. The van der Waals surface area contributed by atoms with Gasteiger partial charge in [-0.25, -0.2) is 4.79 Å². The summed E-state index contributed by atoms with van der Waals surface area (Å²) in [6.45, 7) is 3.33. The van der Waals surface area contributed by atoms with Crippen LogP contribution in [0.5, 0.6) is 0 Å². The third-order valence-corrected chi connectivity index (χ3v) is 2.55. The van der Waals surface area contributed by atoms with Gasteiger partial charge in [0.2, 0.25) is 0 Å². The lowest BCUT2D eigenvalue weighted by Crippen LogP contribution is -2.15. The number of fused-ring (bicyclic) bond motifs is 1. The molecular formula is C11H12O3. The number of rotatable bonds is 1. The van der Waals surface area contributed by atoms with Gasteiger partial charge in [0.05, 0.1) is 18.8 Å². The molecule has 1 aromatic rings. The zero-order valence-corrected chi connectivity index (χ0v) is 7.99. The lowest BCUT2D eigenvalue weighted by atomic mass is 9.93. The Labute approximate surface area is 82.3 Å². The summed E-state index contributed by atoms with van der Waals surface area (Å²) in [6.07, 6.45) is 0. The van der Waals surface area contributed by atoms with Crippen LogP contribution < -0.4 is 0 Å². The molecule has 14 heavy (non-hydrogen) atoms. The number of aromatic carboxylic acids is 1. The van der Waals surface area contributed by atoms with Gasteiger partial charge in [0.1, 0.15) is 0 Å². The first-order valence-electron chi connectivity index (χ1n) is 4.62. The monoisotopic (exact) mass is 192 g/mol. The topological polar surface area (TPSA) is 46.5 Å². The number of hydrogen-bond acceptors (Lipinski definition) is 2. The van der Waals surface area contributed by atoms with Gasteiger partial charge >= 0.3 is 5.97 Å². The Morgan fingerprint density at radius 3 is 3.07 bits per heavy atom. The Morgan fingerprint density at radius 1 is 1.57 bits per heavy atom. The Hall–Kier alpha value is -1.35. The van der Waals surface area contributed by atoms with Crippen molar-refractivity contribution in [2.24, 2.45) is 0 Å². The minimum atomic E-state index is -0.883. The van der Waals surface area contributed by atoms with Crippen LogP contribution in [-0.4, -0.2) is 17.7 Å². The summed E-state index contributed by atoms with van der Waals surface area (Å²) in [5.41, 5.74) is 2.55. The smallest absolute Gasteiger partial charge is 0.335 e. The fourth-order valence-corrected chi connectivity index (χ4v) is 1.78. The second-order valence-electron chi connectivity index (χ2n) is 3.63. The Balaban J connectivity index is 2.44. The number of carbonyl (C=O) groups is 1. The minimum Gasteiger partial charge on any atom is -0.478 e. The number of carboxylic acids is 1. The van der Waals surface area contributed by atoms with Crippen molar-refractivity contribution in [2.75, 3.05) is 6.61 Å². The summed E-state index contributed by atoms with van der Waals surface area (Å²) in [5, 5.41) is 8.81. The van der Waals surface area contributed by atoms with Crippen molar-refractivity contribution < 1.29 is 14.6 Å². The molecule has 0 saturated carbocycles. The second kappa shape index (κ2) is 3.42. The van der Waals surface area contributed by atoms with E-state index in [2.05, 4.69) is 6.92 Å². The molecule has 1 aliphatic rings. The van der Waals surface area contributed by atoms with Gasteiger partial charge in [-0.2, -0.15) is 0 Å². The van der Waals surface area contributed by atoms with E-state index in [1.807, 2.05) is 6.07 Å². The predicted molar refractivity (Wildman–Crippen MR) is 51.5 cm³/mol. The Kier molecular flexibility index (Phi) is 2.25. The molecule has 1 N–H and O–H groups in total. The molecule has 3 heteroatoms. The molecule has 3 nitrogen and oxygen atoms in total. The minimum absolute atomic E-state index is 0.335. The quantitative estimate of drug-likeness (QED) is 0.740. The van der Waals surface area contributed by atoms with E-state index in [4.69, 9.17) is 9.84 Å². The molecule has 1 atom stereocenters. The maximum Gasteiger partial charge on any atom is 0.335 e. The van der Waals surface area contributed by atoms with Gasteiger partial charge in [-0.05, 0) is 23.3 Å². The van der Waals surface area contributed by atoms with Crippen molar-refractivity contribution in [1.29, 1.82) is 0 Å². The van der Waals surface area contributed by atoms with Crippen LogP contribution in [0.1, 0.15) is 34.3 Å². The van der Waals surface area contributed by atoms with Crippen LogP contribution in [0.3, 0.4) is 0 Å². The van der Waals surface area contributed by atoms with Gasteiger partial charge in [-0.3, -0.25) is 0 Å². The molecule has 0 aromatic heterocycles. The molecular weight excluding hydrogens is 180 g/mol. The highest BCUT2D eigenvalue weighted by atomic mass is 16.5. The fraction of sp³-hybridized carbons (Fsp3) is 0.364. The molecule has 0 saturated heterocycles. The number of hydrogen-bond donors (Lipinski definition) is 1. The van der Waals surface area contributed by atoms with Gasteiger partial charge in [0, 0.05) is 5.92 Å². The molecule has 0 amide bonds. The van der Waals surface area contributed by atoms with Crippen molar-refractivity contribution >= 4 is 5.97 Å². The molecule has 74 valence electrons. The second-order valence-corrected chi connectivity index (χ2v) is 3.63. The van der Waals surface area contributed by atoms with E-state index in [0.717, 1.165) is 12.2 Å². The van der Waals surface area contributed by atoms with Gasteiger partial charge in [0.25, 0.3) is 0 Å². The molecule has 0 bridgehead atoms. The summed E-state index contributed by atoms with van der Waals surface area (Å²) in [4.78, 5) is 10.7. The van der Waals surface area contributed by atoms with Crippen LogP contribution in [0.4, 0.5) is 0 Å². The van der Waals surface area contributed by atoms with E-state index >= 15 is 0 Å². The number of benzene rings is 1. The van der Waals surface area contributed by atoms with Crippen molar-refractivity contribution in [1.82, 2.24) is 0 Å². The molecule has 0 spiro atoms. The highest BCUT2D eigenvalue weighted by Crippen LogP contribution is 2.26. The summed E-state index contributed by atoms with van der Waals surface area (Å²) in [5.74, 6) is -0.521. The van der Waals surface area contributed by atoms with E-state index in [9.17, 15) is 4.79 Å². The SMILES string of the molecule is CC1COCc2cc(C(=O)O)ccc21. The fourth-order valence-electron chi connectivity index (χ4n) is 1.78. The van der Waals surface area contributed by atoms with Crippen molar-refractivity contribution in [2.45, 2.75) is 19.4 Å². The van der Waals surface area contributed by atoms with Crippen LogP contribution in [0.25, 0.3) is 0 Å². The van der Waals surface area contributed by atoms with Crippen LogP contribution >= 0.6 is 0 Å². The molecule has 0 radical (unpaired) electrons. The van der Waals surface area contributed by atoms with Crippen molar-refractivity contribution in [3.63, 3.8) is 0 Å². The average Bonchev–Trinajstić information content (AvgIpc) is 2.17. The average molecular weight is 192 g/mol. The number of carboxylic acid groups (broad SMARTS) is 1. The molecule has 0 aliphatic carbocycles. The lowest BCUT2D eigenvalue weighted by Gasteiger charge is -2.22. The first-order valence-corrected chi connectivity index (χ1v) is 4.62. The summed E-state index contributed by atoms with van der Waals surface area (Å²) >= 11 is 0. The van der Waals surface area contributed by atoms with Gasteiger partial charge in [0.15, 0.2) is 0 Å². The zero-order valence-electron chi connectivity index (χ0n) is 7.99. The Morgan fingerprint density at radius 2 is 2.36 bits per heavy atom. The summed E-state index contributed by atoms with van der Waals surface area (Å²) < 4.78 is 5.35. The zero-order chi connectivity index (χ0) is 10.1. The highest BCUT2D eigenvalue weighted by Gasteiger charge is 2.17. The largest absolute Gasteiger partial charge is 0.478 e. The summed E-state index contributed by atoms with van der Waals surface area (Å²) in [6, 6.07) is 5.25. The molecule has 1 aromatic carbocycles. The molecule has 1 heterocycles. The van der Waals surface area contributed by atoms with E-state index in [1.165, 1.54) is 5.56 Å². The van der Waals surface area contributed by atoms with E-state index in [0.29, 0.717) is 18.1 Å². The van der Waals surface area contributed by atoms with E-state index in [-0.39, 0.29) is 0 Å². The summed E-state index contributed by atoms with van der Waals surface area (Å²) in [7, 11) is 0. The van der Waals surface area contributed by atoms with Crippen molar-refractivity contribution in [3.05, 3.63) is 34.9 Å². The molecule has 1 aliphatic heterocycles. The third kappa shape index (κ3) is 1.51. The molecule has 2 rings (SSSR count).